The van der Waals surface area contributed by atoms with E-state index in [1.165, 1.54) is 0 Å². The summed E-state index contributed by atoms with van der Waals surface area (Å²) in [5, 5.41) is 3.32. The molecule has 0 bridgehead atoms. The Kier molecular flexibility index (Phi) is 3.60. The van der Waals surface area contributed by atoms with Gasteiger partial charge < -0.3 is 10.1 Å². The summed E-state index contributed by atoms with van der Waals surface area (Å²) < 4.78 is 28.9. The number of sulfone groups is 1. The average Bonchev–Trinajstić information content (AvgIpc) is 2.80. The smallest absolute Gasteiger partial charge is 0.151 e. The Morgan fingerprint density at radius 1 is 1.45 bits per heavy atom. The monoisotopic (exact) mass is 296 g/mol. The molecule has 0 saturated carbocycles. The maximum Gasteiger partial charge on any atom is 0.151 e. The summed E-state index contributed by atoms with van der Waals surface area (Å²) >= 11 is 0. The molecule has 1 N–H and O–H groups in total. The molecule has 1 aromatic carbocycles. The van der Waals surface area contributed by atoms with E-state index in [1.807, 2.05) is 25.2 Å². The normalized spacial score (nSPS) is 24.0. The number of ether oxygens (including phenoxy) is 1. The second-order valence-electron chi connectivity index (χ2n) is 5.54. The maximum atomic E-state index is 11.6. The van der Waals surface area contributed by atoms with Crippen molar-refractivity contribution in [3.05, 3.63) is 23.8 Å². The van der Waals surface area contributed by atoms with Crippen LogP contribution in [-0.4, -0.2) is 51.1 Å². The van der Waals surface area contributed by atoms with Gasteiger partial charge in [-0.05, 0) is 19.5 Å². The third kappa shape index (κ3) is 2.76. The van der Waals surface area contributed by atoms with Crippen molar-refractivity contribution < 1.29 is 13.2 Å². The Bertz CT molecular complexity index is 600. The van der Waals surface area contributed by atoms with Gasteiger partial charge in [0.1, 0.15) is 12.4 Å². The largest absolute Gasteiger partial charge is 0.489 e. The summed E-state index contributed by atoms with van der Waals surface area (Å²) in [6, 6.07) is 6.19. The lowest BCUT2D eigenvalue weighted by atomic mass is 10.1. The number of para-hydroxylation sites is 1. The van der Waals surface area contributed by atoms with Crippen molar-refractivity contribution in [3.8, 4) is 5.75 Å². The van der Waals surface area contributed by atoms with Gasteiger partial charge in [0, 0.05) is 24.7 Å². The van der Waals surface area contributed by atoms with E-state index < -0.39 is 9.84 Å². The fourth-order valence-electron chi connectivity index (χ4n) is 2.88. The molecule has 1 saturated heterocycles. The van der Waals surface area contributed by atoms with Gasteiger partial charge in [0.15, 0.2) is 9.84 Å². The van der Waals surface area contributed by atoms with Crippen molar-refractivity contribution in [1.82, 2.24) is 4.90 Å². The number of benzene rings is 1. The van der Waals surface area contributed by atoms with Crippen LogP contribution in [0, 0.1) is 0 Å². The zero-order valence-corrected chi connectivity index (χ0v) is 12.4. The van der Waals surface area contributed by atoms with Gasteiger partial charge in [-0.25, -0.2) is 8.42 Å². The van der Waals surface area contributed by atoms with E-state index in [2.05, 4.69) is 10.2 Å². The predicted octanol–water partition coefficient (Wildman–Crippen LogP) is 1.11. The van der Waals surface area contributed by atoms with Crippen molar-refractivity contribution in [3.63, 3.8) is 0 Å². The molecule has 0 spiro atoms. The number of nitrogens with zero attached hydrogens (tertiary/aromatic N) is 1. The molecule has 2 heterocycles. The number of rotatable bonds is 3. The van der Waals surface area contributed by atoms with Crippen molar-refractivity contribution >= 4 is 15.5 Å². The summed E-state index contributed by atoms with van der Waals surface area (Å²) in [5.41, 5.74) is 2.14. The second-order valence-corrected chi connectivity index (χ2v) is 7.77. The molecule has 1 atom stereocenters. The maximum absolute atomic E-state index is 11.6. The first-order valence-electron chi connectivity index (χ1n) is 6.94. The van der Waals surface area contributed by atoms with Crippen LogP contribution in [0.5, 0.6) is 5.75 Å². The van der Waals surface area contributed by atoms with Crippen molar-refractivity contribution in [2.45, 2.75) is 19.0 Å². The van der Waals surface area contributed by atoms with Gasteiger partial charge in [-0.2, -0.15) is 0 Å². The van der Waals surface area contributed by atoms with Crippen LogP contribution >= 0.6 is 0 Å². The molecule has 0 radical (unpaired) electrons. The molecule has 1 unspecified atom stereocenters. The second kappa shape index (κ2) is 5.26. The van der Waals surface area contributed by atoms with Crippen molar-refractivity contribution in [2.24, 2.45) is 0 Å². The number of hydrogen-bond acceptors (Lipinski definition) is 5. The van der Waals surface area contributed by atoms with Crippen LogP contribution in [0.3, 0.4) is 0 Å². The van der Waals surface area contributed by atoms with Crippen LogP contribution in [0.2, 0.25) is 0 Å². The molecule has 1 aromatic rings. The molecular weight excluding hydrogens is 276 g/mol. The summed E-state index contributed by atoms with van der Waals surface area (Å²) in [6.07, 6.45) is 0.729. The van der Waals surface area contributed by atoms with Crippen LogP contribution in [0.15, 0.2) is 18.2 Å². The van der Waals surface area contributed by atoms with E-state index in [0.29, 0.717) is 18.9 Å². The Balaban J connectivity index is 1.75. The number of fused-ring (bicyclic) bond motifs is 1. The number of hydrogen-bond donors (Lipinski definition) is 1. The van der Waals surface area contributed by atoms with E-state index in [1.54, 1.807) is 0 Å². The fraction of sp³-hybridized carbons (Fsp3) is 0.571. The zero-order chi connectivity index (χ0) is 14.2. The first kappa shape index (κ1) is 13.7. The Morgan fingerprint density at radius 2 is 2.30 bits per heavy atom. The first-order valence-corrected chi connectivity index (χ1v) is 8.76. The molecule has 0 aromatic heterocycles. The molecular formula is C14H20N2O3S. The minimum Gasteiger partial charge on any atom is -0.489 e. The van der Waals surface area contributed by atoms with Gasteiger partial charge in [-0.15, -0.1) is 0 Å². The highest BCUT2D eigenvalue weighted by molar-refractivity contribution is 7.91. The van der Waals surface area contributed by atoms with Gasteiger partial charge in [0.25, 0.3) is 0 Å². The van der Waals surface area contributed by atoms with Crippen LogP contribution in [0.4, 0.5) is 5.69 Å². The van der Waals surface area contributed by atoms with Crippen LogP contribution in [0.25, 0.3) is 0 Å². The lowest BCUT2D eigenvalue weighted by molar-refractivity contribution is 0.245. The highest BCUT2D eigenvalue weighted by Crippen LogP contribution is 2.32. The SMILES string of the molecule is CN(Cc1cccc2c1OCCN2)C1CCS(=O)(=O)C1. The van der Waals surface area contributed by atoms with Crippen molar-refractivity contribution in [2.75, 3.05) is 37.0 Å². The van der Waals surface area contributed by atoms with Crippen molar-refractivity contribution in [1.29, 1.82) is 0 Å². The Labute approximate surface area is 119 Å². The minimum absolute atomic E-state index is 0.118. The number of nitrogens with one attached hydrogen (secondary N) is 1. The van der Waals surface area contributed by atoms with E-state index in [0.717, 1.165) is 30.0 Å². The first-order chi connectivity index (χ1) is 9.55. The molecule has 20 heavy (non-hydrogen) atoms. The molecule has 0 amide bonds. The van der Waals surface area contributed by atoms with Gasteiger partial charge in [0.2, 0.25) is 0 Å². The number of anilines is 1. The highest BCUT2D eigenvalue weighted by Gasteiger charge is 2.31. The predicted molar refractivity (Wildman–Crippen MR) is 79.0 cm³/mol. The summed E-state index contributed by atoms with van der Waals surface area (Å²) in [4.78, 5) is 2.12. The fourth-order valence-corrected chi connectivity index (χ4v) is 4.68. The molecule has 2 aliphatic heterocycles. The lowest BCUT2D eigenvalue weighted by Crippen LogP contribution is -2.32. The standard InChI is InChI=1S/C14H20N2O3S/c1-16(12-5-8-20(17,18)10-12)9-11-3-2-4-13-14(11)19-7-6-15-13/h2-4,12,15H,5-10H2,1H3. The summed E-state index contributed by atoms with van der Waals surface area (Å²) in [5.74, 6) is 1.50. The zero-order valence-electron chi connectivity index (χ0n) is 11.6. The van der Waals surface area contributed by atoms with Gasteiger partial charge in [0.05, 0.1) is 17.2 Å². The topological polar surface area (TPSA) is 58.6 Å². The molecule has 1 fully saturated rings. The van der Waals surface area contributed by atoms with E-state index in [9.17, 15) is 8.42 Å². The van der Waals surface area contributed by atoms with E-state index in [4.69, 9.17) is 4.74 Å². The quantitative estimate of drug-likeness (QED) is 0.905. The molecule has 2 aliphatic rings. The molecule has 5 nitrogen and oxygen atoms in total. The van der Waals surface area contributed by atoms with Crippen LogP contribution in [-0.2, 0) is 16.4 Å². The van der Waals surface area contributed by atoms with E-state index >= 15 is 0 Å². The Hall–Kier alpha value is -1.27. The van der Waals surface area contributed by atoms with Gasteiger partial charge >= 0.3 is 0 Å². The average molecular weight is 296 g/mol. The van der Waals surface area contributed by atoms with Crippen LogP contribution < -0.4 is 10.1 Å². The minimum atomic E-state index is -2.84. The molecule has 110 valence electrons. The Morgan fingerprint density at radius 3 is 3.05 bits per heavy atom. The van der Waals surface area contributed by atoms with E-state index in [-0.39, 0.29) is 11.8 Å². The third-order valence-corrected chi connectivity index (χ3v) is 5.76. The van der Waals surface area contributed by atoms with Gasteiger partial charge in [-0.3, -0.25) is 4.90 Å². The summed E-state index contributed by atoms with van der Waals surface area (Å²) in [7, 11) is -0.848. The highest BCUT2D eigenvalue weighted by atomic mass is 32.2. The van der Waals surface area contributed by atoms with Crippen LogP contribution in [0.1, 0.15) is 12.0 Å². The third-order valence-electron chi connectivity index (χ3n) is 4.01. The van der Waals surface area contributed by atoms with Gasteiger partial charge in [-0.1, -0.05) is 12.1 Å². The lowest BCUT2D eigenvalue weighted by Gasteiger charge is -2.27. The molecule has 6 heteroatoms. The molecule has 0 aliphatic carbocycles. The molecule has 3 rings (SSSR count). The summed E-state index contributed by atoms with van der Waals surface area (Å²) in [6.45, 7) is 2.21.